The Balaban J connectivity index is 1.68. The summed E-state index contributed by atoms with van der Waals surface area (Å²) < 4.78 is 32.6. The molecule has 1 saturated heterocycles. The van der Waals surface area contributed by atoms with Crippen LogP contribution in [0.3, 0.4) is 0 Å². The van der Waals surface area contributed by atoms with E-state index in [4.69, 9.17) is 27.9 Å². The molecule has 2 aliphatic rings. The number of hydrogen-bond acceptors (Lipinski definition) is 5. The zero-order valence-electron chi connectivity index (χ0n) is 16.0. The van der Waals surface area contributed by atoms with Crippen LogP contribution in [0.2, 0.25) is 10.0 Å². The van der Waals surface area contributed by atoms with Crippen molar-refractivity contribution in [2.45, 2.75) is 55.9 Å². The molecule has 1 aromatic carbocycles. The Morgan fingerprint density at radius 3 is 2.28 bits per heavy atom. The van der Waals surface area contributed by atoms with Crippen LogP contribution in [0.4, 0.5) is 0 Å². The van der Waals surface area contributed by atoms with Crippen LogP contribution >= 0.6 is 23.2 Å². The number of halogens is 2. The Morgan fingerprint density at radius 1 is 1.03 bits per heavy atom. The van der Waals surface area contributed by atoms with Crippen molar-refractivity contribution in [3.63, 3.8) is 0 Å². The molecule has 29 heavy (non-hydrogen) atoms. The smallest absolute Gasteiger partial charge is 0.340 e. The third-order valence-electron chi connectivity index (χ3n) is 4.97. The highest BCUT2D eigenvalue weighted by Gasteiger charge is 2.30. The number of likely N-dealkylation sites (tertiary alicyclic amines) is 1. The fourth-order valence-electron chi connectivity index (χ4n) is 3.17. The summed E-state index contributed by atoms with van der Waals surface area (Å²) >= 11 is 12.1. The van der Waals surface area contributed by atoms with Crippen LogP contribution in [-0.4, -0.2) is 50.9 Å². The molecule has 1 saturated carbocycles. The number of sulfonamides is 1. The third-order valence-corrected chi connectivity index (χ3v) is 7.26. The van der Waals surface area contributed by atoms with Crippen LogP contribution in [0.5, 0.6) is 0 Å². The molecular formula is C19H24Cl2N2O5S. The maximum Gasteiger partial charge on any atom is 0.340 e. The largest absolute Gasteiger partial charge is 0.452 e. The molecule has 0 bridgehead atoms. The molecule has 0 atom stereocenters. The third kappa shape index (κ3) is 6.07. The fraction of sp³-hybridized carbons (Fsp3) is 0.579. The topological polar surface area (TPSA) is 92.8 Å². The number of ether oxygens (including phenoxy) is 1. The van der Waals surface area contributed by atoms with Gasteiger partial charge in [-0.15, -0.1) is 0 Å². The van der Waals surface area contributed by atoms with Gasteiger partial charge in [0.25, 0.3) is 5.91 Å². The van der Waals surface area contributed by atoms with Crippen molar-refractivity contribution in [3.8, 4) is 0 Å². The van der Waals surface area contributed by atoms with Crippen molar-refractivity contribution < 1.29 is 22.7 Å². The van der Waals surface area contributed by atoms with E-state index in [1.807, 2.05) is 0 Å². The lowest BCUT2D eigenvalue weighted by Gasteiger charge is -2.24. The molecular weight excluding hydrogens is 439 g/mol. The van der Waals surface area contributed by atoms with E-state index in [1.165, 1.54) is 12.5 Å². The minimum absolute atomic E-state index is 0.0379. The number of nitrogens with zero attached hydrogens (tertiary/aromatic N) is 1. The highest BCUT2D eigenvalue weighted by atomic mass is 35.5. The number of carbonyl (C=O) groups is 2. The second kappa shape index (κ2) is 9.64. The van der Waals surface area contributed by atoms with Gasteiger partial charge in [0.2, 0.25) is 10.0 Å². The molecule has 1 amide bonds. The maximum atomic E-state index is 12.5. The maximum absolute atomic E-state index is 12.5. The number of benzene rings is 1. The fourth-order valence-corrected chi connectivity index (χ4v) is 5.32. The summed E-state index contributed by atoms with van der Waals surface area (Å²) in [7, 11) is -3.88. The summed E-state index contributed by atoms with van der Waals surface area (Å²) in [5.74, 6) is -1.14. The first kappa shape index (κ1) is 22.3. The Kier molecular flexibility index (Phi) is 7.42. The van der Waals surface area contributed by atoms with Gasteiger partial charge in [0.1, 0.15) is 4.90 Å². The van der Waals surface area contributed by atoms with Crippen LogP contribution in [0, 0.1) is 0 Å². The Morgan fingerprint density at radius 2 is 1.66 bits per heavy atom. The zero-order chi connectivity index (χ0) is 21.0. The molecule has 0 unspecified atom stereocenters. The van der Waals surface area contributed by atoms with Crippen molar-refractivity contribution in [2.75, 3.05) is 19.7 Å². The number of nitrogens with one attached hydrogen (secondary N) is 1. The van der Waals surface area contributed by atoms with Gasteiger partial charge in [0, 0.05) is 19.1 Å². The van der Waals surface area contributed by atoms with Crippen LogP contribution in [-0.2, 0) is 19.6 Å². The molecule has 7 nitrogen and oxygen atoms in total. The van der Waals surface area contributed by atoms with E-state index in [-0.39, 0.29) is 32.5 Å². The monoisotopic (exact) mass is 462 g/mol. The number of hydrogen-bond donors (Lipinski definition) is 1. The van der Waals surface area contributed by atoms with Crippen LogP contribution in [0.25, 0.3) is 0 Å². The molecule has 3 rings (SSSR count). The average Bonchev–Trinajstić information content (AvgIpc) is 3.42. The lowest BCUT2D eigenvalue weighted by atomic mass is 10.1. The first-order valence-corrected chi connectivity index (χ1v) is 12.0. The molecule has 1 N–H and O–H groups in total. The van der Waals surface area contributed by atoms with E-state index < -0.39 is 22.6 Å². The molecule has 10 heteroatoms. The van der Waals surface area contributed by atoms with Crippen molar-refractivity contribution in [3.05, 3.63) is 27.7 Å². The van der Waals surface area contributed by atoms with Gasteiger partial charge in [-0.25, -0.2) is 17.9 Å². The summed E-state index contributed by atoms with van der Waals surface area (Å²) in [5.41, 5.74) is -0.146. The Labute approximate surface area is 180 Å². The lowest BCUT2D eigenvalue weighted by Crippen LogP contribution is -2.37. The molecule has 1 aromatic rings. The molecule has 0 radical (unpaired) electrons. The van der Waals surface area contributed by atoms with Gasteiger partial charge < -0.3 is 9.64 Å². The SMILES string of the molecule is O=C(OCC(=O)N1CCCCCCC1)c1cc(S(=O)(=O)NC2CC2)c(Cl)cc1Cl. The molecule has 1 heterocycles. The quantitative estimate of drug-likeness (QED) is 0.653. The highest BCUT2D eigenvalue weighted by molar-refractivity contribution is 7.89. The van der Waals surface area contributed by atoms with Crippen molar-refractivity contribution >= 4 is 45.1 Å². The molecule has 1 aliphatic heterocycles. The van der Waals surface area contributed by atoms with Crippen LogP contribution in [0.1, 0.15) is 55.3 Å². The molecule has 0 spiro atoms. The van der Waals surface area contributed by atoms with Gasteiger partial charge in [0.05, 0.1) is 15.6 Å². The minimum atomic E-state index is -3.88. The van der Waals surface area contributed by atoms with Crippen molar-refractivity contribution in [1.82, 2.24) is 9.62 Å². The summed E-state index contributed by atoms with van der Waals surface area (Å²) in [5, 5.41) is -0.125. The average molecular weight is 463 g/mol. The van der Waals surface area contributed by atoms with Crippen molar-refractivity contribution in [2.24, 2.45) is 0 Å². The molecule has 2 fully saturated rings. The first-order chi connectivity index (χ1) is 13.8. The number of esters is 1. The predicted octanol–water partition coefficient (Wildman–Crippen LogP) is 3.38. The van der Waals surface area contributed by atoms with Crippen molar-refractivity contribution in [1.29, 1.82) is 0 Å². The van der Waals surface area contributed by atoms with Gasteiger partial charge in [0.15, 0.2) is 6.61 Å². The van der Waals surface area contributed by atoms with E-state index in [1.54, 1.807) is 4.90 Å². The molecule has 1 aliphatic carbocycles. The summed E-state index contributed by atoms with van der Waals surface area (Å²) in [4.78, 5) is 26.3. The van der Waals surface area contributed by atoms with E-state index in [2.05, 4.69) is 4.72 Å². The van der Waals surface area contributed by atoms with Crippen LogP contribution < -0.4 is 4.72 Å². The van der Waals surface area contributed by atoms with Gasteiger partial charge in [-0.2, -0.15) is 0 Å². The number of amides is 1. The minimum Gasteiger partial charge on any atom is -0.452 e. The molecule has 160 valence electrons. The van der Waals surface area contributed by atoms with Gasteiger partial charge in [-0.1, -0.05) is 42.5 Å². The van der Waals surface area contributed by atoms with Crippen LogP contribution in [0.15, 0.2) is 17.0 Å². The van der Waals surface area contributed by atoms with E-state index in [0.717, 1.165) is 44.6 Å². The molecule has 0 aromatic heterocycles. The highest BCUT2D eigenvalue weighted by Crippen LogP contribution is 2.31. The first-order valence-electron chi connectivity index (χ1n) is 9.74. The van der Waals surface area contributed by atoms with Gasteiger partial charge in [-0.3, -0.25) is 4.79 Å². The number of carbonyl (C=O) groups excluding carboxylic acids is 2. The number of rotatable bonds is 6. The predicted molar refractivity (Wildman–Crippen MR) is 110 cm³/mol. The summed E-state index contributed by atoms with van der Waals surface area (Å²) in [6.45, 7) is 0.876. The second-order valence-electron chi connectivity index (χ2n) is 7.38. The van der Waals surface area contributed by atoms with E-state index in [0.29, 0.717) is 13.1 Å². The summed E-state index contributed by atoms with van der Waals surface area (Å²) in [6, 6.07) is 2.18. The Hall–Kier alpha value is -1.35. The normalized spacial score (nSPS) is 18.1. The zero-order valence-corrected chi connectivity index (χ0v) is 18.3. The second-order valence-corrected chi connectivity index (χ2v) is 9.88. The van der Waals surface area contributed by atoms with E-state index >= 15 is 0 Å². The standard InChI is InChI=1S/C19H24Cl2N2O5S/c20-15-11-16(21)17(29(26,27)22-13-6-7-13)10-14(15)19(25)28-12-18(24)23-8-4-2-1-3-5-9-23/h10-11,13,22H,1-9,12H2. The van der Waals surface area contributed by atoms with Gasteiger partial charge in [-0.05, 0) is 37.8 Å². The van der Waals surface area contributed by atoms with E-state index in [9.17, 15) is 18.0 Å². The summed E-state index contributed by atoms with van der Waals surface area (Å²) in [6.07, 6.45) is 6.71. The Bertz CT molecular complexity index is 879. The van der Waals surface area contributed by atoms with Gasteiger partial charge >= 0.3 is 5.97 Å². The lowest BCUT2D eigenvalue weighted by molar-refractivity contribution is -0.134.